The van der Waals surface area contributed by atoms with Crippen LogP contribution in [0.4, 0.5) is 0 Å². The van der Waals surface area contributed by atoms with Crippen molar-refractivity contribution in [2.45, 2.75) is 46.5 Å². The molecule has 128 valence electrons. The molecule has 3 rings (SSSR count). The molecule has 1 aromatic carbocycles. The first-order valence-corrected chi connectivity index (χ1v) is 8.99. The second-order valence-corrected chi connectivity index (χ2v) is 7.24. The van der Waals surface area contributed by atoms with Crippen LogP contribution < -0.4 is 0 Å². The highest BCUT2D eigenvalue weighted by atomic mass is 14.7. The summed E-state index contributed by atoms with van der Waals surface area (Å²) >= 11 is 0. The maximum absolute atomic E-state index is 4.61. The first kappa shape index (κ1) is 17.3. The van der Waals surface area contributed by atoms with Gasteiger partial charge in [-0.15, -0.1) is 0 Å². The van der Waals surface area contributed by atoms with Crippen molar-refractivity contribution in [2.75, 3.05) is 0 Å². The smallest absolute Gasteiger partial charge is 0.0726 e. The van der Waals surface area contributed by atoms with E-state index in [9.17, 15) is 0 Å². The van der Waals surface area contributed by atoms with E-state index in [1.54, 1.807) is 0 Å². The molecule has 2 nitrogen and oxygen atoms in total. The van der Waals surface area contributed by atoms with Gasteiger partial charge < -0.3 is 0 Å². The lowest BCUT2D eigenvalue weighted by Crippen LogP contribution is -2.00. The van der Waals surface area contributed by atoms with Gasteiger partial charge in [0.05, 0.1) is 5.69 Å². The maximum Gasteiger partial charge on any atom is 0.0726 e. The van der Waals surface area contributed by atoms with Gasteiger partial charge in [-0.25, -0.2) is 0 Å². The van der Waals surface area contributed by atoms with Crippen LogP contribution in [0.25, 0.3) is 22.4 Å². The molecule has 0 saturated heterocycles. The van der Waals surface area contributed by atoms with E-state index in [1.807, 2.05) is 24.7 Å². The molecule has 0 saturated carbocycles. The van der Waals surface area contributed by atoms with Gasteiger partial charge in [0.2, 0.25) is 0 Å². The first-order valence-electron chi connectivity index (χ1n) is 8.99. The van der Waals surface area contributed by atoms with Crippen molar-refractivity contribution in [1.82, 2.24) is 9.97 Å². The Hall–Kier alpha value is -2.48. The van der Waals surface area contributed by atoms with E-state index in [0.717, 1.165) is 11.3 Å². The third-order valence-corrected chi connectivity index (χ3v) is 4.74. The minimum atomic E-state index is 0.477. The fraction of sp³-hybridized carbons (Fsp3) is 0.304. The normalized spacial score (nSPS) is 11.3. The van der Waals surface area contributed by atoms with Crippen LogP contribution in [0.3, 0.4) is 0 Å². The van der Waals surface area contributed by atoms with E-state index in [-0.39, 0.29) is 0 Å². The summed E-state index contributed by atoms with van der Waals surface area (Å²) in [7, 11) is 0. The van der Waals surface area contributed by atoms with Crippen molar-refractivity contribution in [1.29, 1.82) is 0 Å². The number of aromatic nitrogens is 2. The van der Waals surface area contributed by atoms with Crippen LogP contribution in [0.15, 0.2) is 55.0 Å². The Labute approximate surface area is 151 Å². The largest absolute Gasteiger partial charge is 0.264 e. The molecule has 2 heterocycles. The zero-order chi connectivity index (χ0) is 18.0. The Kier molecular flexibility index (Phi) is 4.98. The van der Waals surface area contributed by atoms with Gasteiger partial charge in [-0.1, -0.05) is 45.9 Å². The number of rotatable bonds is 4. The van der Waals surface area contributed by atoms with Crippen molar-refractivity contribution in [2.24, 2.45) is 0 Å². The number of hydrogen-bond donors (Lipinski definition) is 0. The second kappa shape index (κ2) is 7.18. The van der Waals surface area contributed by atoms with Gasteiger partial charge in [-0.2, -0.15) is 0 Å². The van der Waals surface area contributed by atoms with Crippen molar-refractivity contribution in [3.05, 3.63) is 71.7 Å². The van der Waals surface area contributed by atoms with E-state index < -0.39 is 0 Å². The predicted octanol–water partition coefficient (Wildman–Crippen LogP) is 6.37. The zero-order valence-corrected chi connectivity index (χ0v) is 15.7. The number of hydrogen-bond acceptors (Lipinski definition) is 2. The average molecular weight is 330 g/mol. The van der Waals surface area contributed by atoms with E-state index in [2.05, 4.69) is 74.9 Å². The van der Waals surface area contributed by atoms with E-state index in [1.165, 1.54) is 27.8 Å². The lowest BCUT2D eigenvalue weighted by Gasteiger charge is -2.20. The summed E-state index contributed by atoms with van der Waals surface area (Å²) in [4.78, 5) is 8.88. The van der Waals surface area contributed by atoms with Crippen molar-refractivity contribution >= 4 is 0 Å². The Morgan fingerprint density at radius 2 is 1.52 bits per heavy atom. The van der Waals surface area contributed by atoms with Crippen LogP contribution in [0, 0.1) is 6.92 Å². The van der Waals surface area contributed by atoms with Crippen LogP contribution in [0.1, 0.15) is 56.2 Å². The number of aryl methyl sites for hydroxylation is 1. The summed E-state index contributed by atoms with van der Waals surface area (Å²) in [5.74, 6) is 0.955. The van der Waals surface area contributed by atoms with Gasteiger partial charge in [0, 0.05) is 24.2 Å². The van der Waals surface area contributed by atoms with Gasteiger partial charge in [-0.05, 0) is 64.8 Å². The lowest BCUT2D eigenvalue weighted by atomic mass is 9.85. The van der Waals surface area contributed by atoms with E-state index in [0.29, 0.717) is 11.8 Å². The van der Waals surface area contributed by atoms with Crippen LogP contribution in [0.5, 0.6) is 0 Å². The molecule has 0 radical (unpaired) electrons. The topological polar surface area (TPSA) is 25.8 Å². The molecule has 0 aliphatic heterocycles. The molecule has 0 aliphatic carbocycles. The number of nitrogens with zero attached hydrogens (tertiary/aromatic N) is 2. The standard InChI is InChI=1S/C23H26N2/c1-15(2)19-7-6-8-20(16(3)4)23(19)18-10-12-25-22(13-18)21-14-24-11-9-17(21)5/h6-16H,1-5H3. The number of benzene rings is 1. The highest BCUT2D eigenvalue weighted by Gasteiger charge is 2.16. The SMILES string of the molecule is Cc1ccncc1-c1cc(-c2c(C(C)C)cccc2C(C)C)ccn1. The molecule has 3 aromatic rings. The highest BCUT2D eigenvalue weighted by Crippen LogP contribution is 2.37. The molecule has 0 fully saturated rings. The summed E-state index contributed by atoms with van der Waals surface area (Å²) in [5.41, 5.74) is 8.66. The van der Waals surface area contributed by atoms with Gasteiger partial charge in [-0.3, -0.25) is 9.97 Å². The molecule has 0 bridgehead atoms. The Balaban J connectivity index is 2.21. The van der Waals surface area contributed by atoms with Crippen LogP contribution in [0.2, 0.25) is 0 Å². The second-order valence-electron chi connectivity index (χ2n) is 7.24. The van der Waals surface area contributed by atoms with Crippen molar-refractivity contribution in [3.8, 4) is 22.4 Å². The zero-order valence-electron chi connectivity index (χ0n) is 15.7. The summed E-state index contributed by atoms with van der Waals surface area (Å²) in [5, 5.41) is 0. The van der Waals surface area contributed by atoms with Crippen molar-refractivity contribution < 1.29 is 0 Å². The minimum Gasteiger partial charge on any atom is -0.264 e. The van der Waals surface area contributed by atoms with Crippen LogP contribution >= 0.6 is 0 Å². The molecular weight excluding hydrogens is 304 g/mol. The predicted molar refractivity (Wildman–Crippen MR) is 106 cm³/mol. The minimum absolute atomic E-state index is 0.477. The summed E-state index contributed by atoms with van der Waals surface area (Å²) in [6, 6.07) is 13.1. The molecule has 0 N–H and O–H groups in total. The summed E-state index contributed by atoms with van der Waals surface area (Å²) in [6.45, 7) is 11.1. The Morgan fingerprint density at radius 1 is 0.840 bits per heavy atom. The molecule has 0 unspecified atom stereocenters. The molecule has 25 heavy (non-hydrogen) atoms. The van der Waals surface area contributed by atoms with Crippen LogP contribution in [-0.2, 0) is 0 Å². The molecule has 0 aliphatic rings. The monoisotopic (exact) mass is 330 g/mol. The quantitative estimate of drug-likeness (QED) is 0.556. The fourth-order valence-electron chi connectivity index (χ4n) is 3.35. The first-order chi connectivity index (χ1) is 12.0. The Morgan fingerprint density at radius 3 is 2.12 bits per heavy atom. The summed E-state index contributed by atoms with van der Waals surface area (Å²) < 4.78 is 0. The van der Waals surface area contributed by atoms with Gasteiger partial charge >= 0.3 is 0 Å². The average Bonchev–Trinajstić information content (AvgIpc) is 2.61. The van der Waals surface area contributed by atoms with E-state index in [4.69, 9.17) is 0 Å². The molecule has 2 aromatic heterocycles. The van der Waals surface area contributed by atoms with Crippen molar-refractivity contribution in [3.63, 3.8) is 0 Å². The molecular formula is C23H26N2. The molecule has 2 heteroatoms. The number of pyridine rings is 2. The van der Waals surface area contributed by atoms with Gasteiger partial charge in [0.15, 0.2) is 0 Å². The summed E-state index contributed by atoms with van der Waals surface area (Å²) in [6.07, 6.45) is 5.64. The van der Waals surface area contributed by atoms with Gasteiger partial charge in [0.25, 0.3) is 0 Å². The maximum atomic E-state index is 4.61. The Bertz CT molecular complexity index is 853. The van der Waals surface area contributed by atoms with Gasteiger partial charge in [0.1, 0.15) is 0 Å². The third kappa shape index (κ3) is 3.48. The van der Waals surface area contributed by atoms with Crippen LogP contribution in [-0.4, -0.2) is 9.97 Å². The fourth-order valence-corrected chi connectivity index (χ4v) is 3.35. The highest BCUT2D eigenvalue weighted by molar-refractivity contribution is 5.76. The molecule has 0 amide bonds. The lowest BCUT2D eigenvalue weighted by molar-refractivity contribution is 0.838. The van der Waals surface area contributed by atoms with E-state index >= 15 is 0 Å². The molecule has 0 atom stereocenters. The molecule has 0 spiro atoms. The third-order valence-electron chi connectivity index (χ3n) is 4.74.